The van der Waals surface area contributed by atoms with Crippen molar-refractivity contribution < 1.29 is 14.6 Å². The van der Waals surface area contributed by atoms with Crippen molar-refractivity contribution in [2.75, 3.05) is 19.0 Å². The molecule has 0 saturated carbocycles. The predicted octanol–water partition coefficient (Wildman–Crippen LogP) is 2.56. The normalized spacial score (nSPS) is 18.4. The Balaban J connectivity index is 1.95. The zero-order valence-electron chi connectivity index (χ0n) is 11.9. The molecule has 0 radical (unpaired) electrons. The second kappa shape index (κ2) is 6.07. The lowest BCUT2D eigenvalue weighted by molar-refractivity contribution is -0.133. The van der Waals surface area contributed by atoms with Crippen molar-refractivity contribution in [2.24, 2.45) is 5.92 Å². The minimum atomic E-state index is -0.820. The Labute approximate surface area is 127 Å². The molecular weight excluding hydrogens is 288 g/mol. The maximum Gasteiger partial charge on any atom is 0.313 e. The van der Waals surface area contributed by atoms with E-state index in [2.05, 4.69) is 21.7 Å². The van der Waals surface area contributed by atoms with E-state index < -0.39 is 5.97 Å². The first-order chi connectivity index (χ1) is 10.1. The highest BCUT2D eigenvalue weighted by atomic mass is 32.2. The van der Waals surface area contributed by atoms with Gasteiger partial charge in [-0.1, -0.05) is 17.8 Å². The fraction of sp³-hybridized carbons (Fsp3) is 0.467. The molecule has 1 fully saturated rings. The van der Waals surface area contributed by atoms with Crippen molar-refractivity contribution in [3.8, 4) is 0 Å². The van der Waals surface area contributed by atoms with Gasteiger partial charge in [0.25, 0.3) is 0 Å². The number of thioether (sulfide) groups is 1. The van der Waals surface area contributed by atoms with Crippen LogP contribution >= 0.6 is 11.8 Å². The smallest absolute Gasteiger partial charge is 0.313 e. The quantitative estimate of drug-likeness (QED) is 0.860. The summed E-state index contributed by atoms with van der Waals surface area (Å²) in [5, 5.41) is 9.67. The number of carbonyl (C=O) groups is 1. The maximum atomic E-state index is 10.8. The average Bonchev–Trinajstić information content (AvgIpc) is 3.05. The van der Waals surface area contributed by atoms with E-state index in [0.717, 1.165) is 47.9 Å². The van der Waals surface area contributed by atoms with Crippen LogP contribution in [0.1, 0.15) is 12.0 Å². The molecule has 0 amide bonds. The number of fused-ring (bicyclic) bond motifs is 1. The van der Waals surface area contributed by atoms with Gasteiger partial charge in [0.1, 0.15) is 0 Å². The summed E-state index contributed by atoms with van der Waals surface area (Å²) in [5.41, 5.74) is 3.16. The van der Waals surface area contributed by atoms with Gasteiger partial charge in [-0.25, -0.2) is 4.98 Å². The molecule has 1 aromatic carbocycles. The zero-order valence-corrected chi connectivity index (χ0v) is 12.7. The van der Waals surface area contributed by atoms with E-state index in [-0.39, 0.29) is 5.75 Å². The van der Waals surface area contributed by atoms with Crippen LogP contribution in [-0.2, 0) is 16.1 Å². The Hall–Kier alpha value is -1.53. The molecule has 112 valence electrons. The van der Waals surface area contributed by atoms with Crippen LogP contribution in [0.25, 0.3) is 11.0 Å². The van der Waals surface area contributed by atoms with E-state index in [1.165, 1.54) is 11.8 Å². The number of hydrogen-bond donors (Lipinski definition) is 1. The number of rotatable bonds is 5. The summed E-state index contributed by atoms with van der Waals surface area (Å²) in [6, 6.07) is 6.18. The molecule has 0 aliphatic carbocycles. The van der Waals surface area contributed by atoms with Crippen molar-refractivity contribution in [2.45, 2.75) is 25.0 Å². The van der Waals surface area contributed by atoms with E-state index in [1.807, 2.05) is 13.0 Å². The molecule has 1 aliphatic heterocycles. The molecule has 2 aromatic rings. The predicted molar refractivity (Wildman–Crippen MR) is 81.8 cm³/mol. The van der Waals surface area contributed by atoms with Crippen LogP contribution < -0.4 is 0 Å². The number of aliphatic carboxylic acids is 1. The van der Waals surface area contributed by atoms with Gasteiger partial charge in [0.15, 0.2) is 5.16 Å². The van der Waals surface area contributed by atoms with Gasteiger partial charge in [-0.05, 0) is 31.0 Å². The van der Waals surface area contributed by atoms with Crippen molar-refractivity contribution in [3.05, 3.63) is 23.8 Å². The molecule has 6 heteroatoms. The lowest BCUT2D eigenvalue weighted by Gasteiger charge is -2.12. The fourth-order valence-corrected chi connectivity index (χ4v) is 3.36. The molecule has 0 spiro atoms. The third kappa shape index (κ3) is 3.22. The first kappa shape index (κ1) is 14.4. The van der Waals surface area contributed by atoms with E-state index in [0.29, 0.717) is 5.92 Å². The summed E-state index contributed by atoms with van der Waals surface area (Å²) in [7, 11) is 0. The number of imidazole rings is 1. The lowest BCUT2D eigenvalue weighted by Crippen LogP contribution is -2.12. The van der Waals surface area contributed by atoms with E-state index >= 15 is 0 Å². The van der Waals surface area contributed by atoms with Crippen LogP contribution in [0.3, 0.4) is 0 Å². The number of carboxylic acids is 1. The van der Waals surface area contributed by atoms with E-state index in [4.69, 9.17) is 9.84 Å². The van der Waals surface area contributed by atoms with E-state index in [9.17, 15) is 4.79 Å². The number of benzene rings is 1. The minimum Gasteiger partial charge on any atom is -0.481 e. The third-order valence-corrected chi connectivity index (χ3v) is 4.62. The zero-order chi connectivity index (χ0) is 14.8. The molecule has 1 N–H and O–H groups in total. The highest BCUT2D eigenvalue weighted by molar-refractivity contribution is 7.99. The molecule has 2 heterocycles. The molecule has 21 heavy (non-hydrogen) atoms. The van der Waals surface area contributed by atoms with E-state index in [1.54, 1.807) is 0 Å². The summed E-state index contributed by atoms with van der Waals surface area (Å²) < 4.78 is 7.58. The van der Waals surface area contributed by atoms with Gasteiger partial charge < -0.3 is 14.4 Å². The van der Waals surface area contributed by atoms with Crippen LogP contribution in [0.2, 0.25) is 0 Å². The Morgan fingerprint density at radius 2 is 2.43 bits per heavy atom. The summed E-state index contributed by atoms with van der Waals surface area (Å²) in [6.07, 6.45) is 1.05. The van der Waals surface area contributed by atoms with Gasteiger partial charge in [-0.2, -0.15) is 0 Å². The average molecular weight is 306 g/mol. The number of aryl methyl sites for hydroxylation is 1. The van der Waals surface area contributed by atoms with Crippen LogP contribution in [-0.4, -0.2) is 39.6 Å². The van der Waals surface area contributed by atoms with Gasteiger partial charge in [0.05, 0.1) is 23.4 Å². The molecule has 1 saturated heterocycles. The monoisotopic (exact) mass is 306 g/mol. The SMILES string of the molecule is Cc1ccc2c(c1)nc(SCC(=O)O)n2CC1CCOC1. The number of carboxylic acid groups (broad SMARTS) is 1. The number of nitrogens with zero attached hydrogens (tertiary/aromatic N) is 2. The molecule has 5 nitrogen and oxygen atoms in total. The van der Waals surface area contributed by atoms with Crippen molar-refractivity contribution in [1.29, 1.82) is 0 Å². The topological polar surface area (TPSA) is 64.3 Å². The molecule has 3 rings (SSSR count). The maximum absolute atomic E-state index is 10.8. The summed E-state index contributed by atoms with van der Waals surface area (Å²) in [5.74, 6) is -0.310. The van der Waals surface area contributed by atoms with Gasteiger partial charge in [-0.3, -0.25) is 4.79 Å². The van der Waals surface area contributed by atoms with Gasteiger partial charge in [0, 0.05) is 19.1 Å². The molecule has 1 aromatic heterocycles. The van der Waals surface area contributed by atoms with Crippen LogP contribution in [0.5, 0.6) is 0 Å². The minimum absolute atomic E-state index is 0.0312. The number of ether oxygens (including phenoxy) is 1. The van der Waals surface area contributed by atoms with Gasteiger partial charge in [0.2, 0.25) is 0 Å². The van der Waals surface area contributed by atoms with Crippen molar-refractivity contribution in [1.82, 2.24) is 9.55 Å². The highest BCUT2D eigenvalue weighted by Gasteiger charge is 2.20. The van der Waals surface area contributed by atoms with Crippen LogP contribution in [0.4, 0.5) is 0 Å². The Morgan fingerprint density at radius 1 is 1.57 bits per heavy atom. The Morgan fingerprint density at radius 3 is 3.14 bits per heavy atom. The van der Waals surface area contributed by atoms with Gasteiger partial charge in [-0.15, -0.1) is 0 Å². The fourth-order valence-electron chi connectivity index (χ4n) is 2.62. The van der Waals surface area contributed by atoms with Crippen LogP contribution in [0, 0.1) is 12.8 Å². The first-order valence-corrected chi connectivity index (χ1v) is 8.01. The highest BCUT2D eigenvalue weighted by Crippen LogP contribution is 2.27. The Bertz CT molecular complexity index is 662. The molecular formula is C15H18N2O3S. The molecule has 0 bridgehead atoms. The van der Waals surface area contributed by atoms with Crippen molar-refractivity contribution >= 4 is 28.8 Å². The third-order valence-electron chi connectivity index (χ3n) is 3.66. The second-order valence-electron chi connectivity index (χ2n) is 5.41. The molecule has 1 aliphatic rings. The Kier molecular flexibility index (Phi) is 4.17. The number of aromatic nitrogens is 2. The summed E-state index contributed by atoms with van der Waals surface area (Å²) >= 11 is 1.28. The lowest BCUT2D eigenvalue weighted by atomic mass is 10.1. The standard InChI is InChI=1S/C15H18N2O3S/c1-10-2-3-13-12(6-10)16-15(21-9-14(18)19)17(13)7-11-4-5-20-8-11/h2-3,6,11H,4-5,7-9H2,1H3,(H,18,19). The number of hydrogen-bond acceptors (Lipinski definition) is 4. The van der Waals surface area contributed by atoms with Gasteiger partial charge >= 0.3 is 5.97 Å². The summed E-state index contributed by atoms with van der Waals surface area (Å²) in [6.45, 7) is 4.46. The summed E-state index contributed by atoms with van der Waals surface area (Å²) in [4.78, 5) is 15.4. The largest absolute Gasteiger partial charge is 0.481 e. The molecule has 1 atom stereocenters. The first-order valence-electron chi connectivity index (χ1n) is 7.02. The van der Waals surface area contributed by atoms with Crippen LogP contribution in [0.15, 0.2) is 23.4 Å². The second-order valence-corrected chi connectivity index (χ2v) is 6.35. The molecule has 1 unspecified atom stereocenters. The van der Waals surface area contributed by atoms with Crippen molar-refractivity contribution in [3.63, 3.8) is 0 Å².